The zero-order valence-electron chi connectivity index (χ0n) is 8.70. The molecule has 0 spiro atoms. The number of rotatable bonds is 3. The van der Waals surface area contributed by atoms with Gasteiger partial charge in [0.1, 0.15) is 5.75 Å². The van der Waals surface area contributed by atoms with E-state index in [0.717, 1.165) is 12.0 Å². The Hall–Kier alpha value is -0.780. The van der Waals surface area contributed by atoms with Crippen molar-refractivity contribution >= 4 is 28.7 Å². The number of carbonyl (C=O) groups is 1. The van der Waals surface area contributed by atoms with Gasteiger partial charge in [-0.25, -0.2) is 4.79 Å². The number of halogens is 1. The number of carbonyl (C=O) groups excluding carboxylic acids is 1. The largest absolute Gasteiger partial charge is 0.514 e. The van der Waals surface area contributed by atoms with Crippen LogP contribution in [0.2, 0.25) is 0 Å². The van der Waals surface area contributed by atoms with Crippen LogP contribution in [-0.4, -0.2) is 10.3 Å². The monoisotopic (exact) mass is 320 g/mol. The summed E-state index contributed by atoms with van der Waals surface area (Å²) in [5, 5.41) is 0. The first-order valence-electron chi connectivity index (χ1n) is 4.74. The third-order valence-electron chi connectivity index (χ3n) is 1.81. The van der Waals surface area contributed by atoms with Crippen LogP contribution in [0.5, 0.6) is 5.75 Å². The fourth-order valence-electron chi connectivity index (χ4n) is 1.14. The van der Waals surface area contributed by atoms with Crippen molar-refractivity contribution in [3.8, 4) is 5.75 Å². The van der Waals surface area contributed by atoms with E-state index < -0.39 is 6.16 Å². The number of ether oxygens (including phenoxy) is 2. The van der Waals surface area contributed by atoms with Crippen LogP contribution >= 0.6 is 22.6 Å². The Morgan fingerprint density at radius 3 is 2.73 bits per heavy atom. The lowest BCUT2D eigenvalue weighted by atomic mass is 10.1. The molecule has 1 rings (SSSR count). The molecule has 0 aliphatic carbocycles. The van der Waals surface area contributed by atoms with Gasteiger partial charge in [-0.3, -0.25) is 0 Å². The summed E-state index contributed by atoms with van der Waals surface area (Å²) in [7, 11) is 0. The first-order chi connectivity index (χ1) is 7.13. The molecule has 0 saturated carbocycles. The molecule has 0 heterocycles. The molecule has 0 N–H and O–H groups in total. The SMILES string of the molecule is CCc1ccccc1OC(=O)OC(C)I. The van der Waals surface area contributed by atoms with E-state index in [-0.39, 0.29) is 4.11 Å². The molecule has 1 atom stereocenters. The van der Waals surface area contributed by atoms with Crippen LogP contribution in [0.1, 0.15) is 19.4 Å². The Bertz CT molecular complexity index is 336. The molecular weight excluding hydrogens is 307 g/mol. The van der Waals surface area contributed by atoms with E-state index in [1.807, 2.05) is 47.7 Å². The van der Waals surface area contributed by atoms with Crippen LogP contribution in [0.15, 0.2) is 24.3 Å². The first-order valence-corrected chi connectivity index (χ1v) is 5.98. The lowest BCUT2D eigenvalue weighted by Crippen LogP contribution is -2.14. The lowest BCUT2D eigenvalue weighted by Gasteiger charge is -2.09. The van der Waals surface area contributed by atoms with Crippen molar-refractivity contribution in [2.45, 2.75) is 24.4 Å². The second-order valence-electron chi connectivity index (χ2n) is 2.97. The summed E-state index contributed by atoms with van der Waals surface area (Å²) in [6.07, 6.45) is 0.168. The van der Waals surface area contributed by atoms with Crippen LogP contribution in [-0.2, 0) is 11.2 Å². The molecule has 82 valence electrons. The summed E-state index contributed by atoms with van der Waals surface area (Å²) in [6.45, 7) is 3.78. The van der Waals surface area contributed by atoms with Crippen molar-refractivity contribution in [2.75, 3.05) is 0 Å². The number of benzene rings is 1. The minimum atomic E-state index is -0.655. The molecule has 0 bridgehead atoms. The van der Waals surface area contributed by atoms with E-state index in [9.17, 15) is 4.79 Å². The van der Waals surface area contributed by atoms with Crippen molar-refractivity contribution in [3.05, 3.63) is 29.8 Å². The Morgan fingerprint density at radius 2 is 2.13 bits per heavy atom. The smallest absolute Gasteiger partial charge is 0.420 e. The summed E-state index contributed by atoms with van der Waals surface area (Å²) in [6, 6.07) is 7.43. The molecule has 1 unspecified atom stereocenters. The molecule has 0 saturated heterocycles. The van der Waals surface area contributed by atoms with Crippen molar-refractivity contribution < 1.29 is 14.3 Å². The fraction of sp³-hybridized carbons (Fsp3) is 0.364. The maximum atomic E-state index is 11.2. The Morgan fingerprint density at radius 1 is 1.47 bits per heavy atom. The highest BCUT2D eigenvalue weighted by Crippen LogP contribution is 2.19. The molecule has 0 aliphatic heterocycles. The first kappa shape index (κ1) is 12.3. The molecule has 1 aromatic rings. The highest BCUT2D eigenvalue weighted by Gasteiger charge is 2.10. The molecule has 4 heteroatoms. The van der Waals surface area contributed by atoms with Crippen molar-refractivity contribution in [1.29, 1.82) is 0 Å². The molecule has 0 radical (unpaired) electrons. The van der Waals surface area contributed by atoms with Crippen LogP contribution in [0.25, 0.3) is 0 Å². The summed E-state index contributed by atoms with van der Waals surface area (Å²) < 4.78 is 9.77. The molecule has 1 aromatic carbocycles. The Balaban J connectivity index is 2.67. The zero-order chi connectivity index (χ0) is 11.3. The third-order valence-corrected chi connectivity index (χ3v) is 2.06. The van der Waals surface area contributed by atoms with Crippen molar-refractivity contribution in [2.24, 2.45) is 0 Å². The van der Waals surface area contributed by atoms with E-state index in [4.69, 9.17) is 9.47 Å². The van der Waals surface area contributed by atoms with Gasteiger partial charge in [0.05, 0.1) is 0 Å². The standard InChI is InChI=1S/C11H13IO3/c1-3-9-6-4-5-7-10(9)15-11(13)14-8(2)12/h4-8H,3H2,1-2H3. The predicted molar refractivity (Wildman–Crippen MR) is 66.4 cm³/mol. The van der Waals surface area contributed by atoms with Gasteiger partial charge in [-0.15, -0.1) is 0 Å². The van der Waals surface area contributed by atoms with Gasteiger partial charge in [0.2, 0.25) is 0 Å². The second kappa shape index (κ2) is 5.95. The number of aryl methyl sites for hydroxylation is 1. The van der Waals surface area contributed by atoms with E-state index in [1.54, 1.807) is 13.0 Å². The molecule has 0 amide bonds. The highest BCUT2D eigenvalue weighted by atomic mass is 127. The van der Waals surface area contributed by atoms with Gasteiger partial charge in [0.25, 0.3) is 0 Å². The number of para-hydroxylation sites is 1. The molecule has 0 aromatic heterocycles. The third kappa shape index (κ3) is 4.07. The van der Waals surface area contributed by atoms with E-state index in [1.165, 1.54) is 0 Å². The fourth-order valence-corrected chi connectivity index (χ4v) is 1.35. The number of hydrogen-bond donors (Lipinski definition) is 0. The number of alkyl halides is 1. The Kier molecular flexibility index (Phi) is 4.87. The average Bonchev–Trinajstić information content (AvgIpc) is 2.17. The highest BCUT2D eigenvalue weighted by molar-refractivity contribution is 14.1. The van der Waals surface area contributed by atoms with Crippen LogP contribution in [0.4, 0.5) is 4.79 Å². The van der Waals surface area contributed by atoms with Crippen LogP contribution in [0.3, 0.4) is 0 Å². The number of hydrogen-bond acceptors (Lipinski definition) is 3. The van der Waals surface area contributed by atoms with Gasteiger partial charge in [-0.1, -0.05) is 25.1 Å². The average molecular weight is 320 g/mol. The van der Waals surface area contributed by atoms with Crippen LogP contribution < -0.4 is 4.74 Å². The topological polar surface area (TPSA) is 35.5 Å². The maximum absolute atomic E-state index is 11.2. The van der Waals surface area contributed by atoms with Gasteiger partial charge in [-0.05, 0) is 47.6 Å². The quantitative estimate of drug-likeness (QED) is 0.370. The van der Waals surface area contributed by atoms with Crippen molar-refractivity contribution in [3.63, 3.8) is 0 Å². The molecule has 0 fully saturated rings. The van der Waals surface area contributed by atoms with Gasteiger partial charge in [0.15, 0.2) is 4.11 Å². The van der Waals surface area contributed by atoms with Gasteiger partial charge < -0.3 is 9.47 Å². The van der Waals surface area contributed by atoms with Crippen molar-refractivity contribution in [1.82, 2.24) is 0 Å². The van der Waals surface area contributed by atoms with E-state index >= 15 is 0 Å². The molecule has 15 heavy (non-hydrogen) atoms. The van der Waals surface area contributed by atoms with Crippen LogP contribution in [0, 0.1) is 0 Å². The zero-order valence-corrected chi connectivity index (χ0v) is 10.9. The predicted octanol–water partition coefficient (Wildman–Crippen LogP) is 3.55. The molecule has 3 nitrogen and oxygen atoms in total. The second-order valence-corrected chi connectivity index (χ2v) is 4.73. The van der Waals surface area contributed by atoms with Gasteiger partial charge in [-0.2, -0.15) is 0 Å². The summed E-state index contributed by atoms with van der Waals surface area (Å²) in [5.74, 6) is 0.571. The molecule has 0 aliphatic rings. The summed E-state index contributed by atoms with van der Waals surface area (Å²) >= 11 is 2.00. The Labute approximate surface area is 103 Å². The summed E-state index contributed by atoms with van der Waals surface area (Å²) in [4.78, 5) is 11.2. The van der Waals surface area contributed by atoms with E-state index in [0.29, 0.717) is 5.75 Å². The van der Waals surface area contributed by atoms with E-state index in [2.05, 4.69) is 0 Å². The minimum Gasteiger partial charge on any atom is -0.420 e. The minimum absolute atomic E-state index is 0.191. The van der Waals surface area contributed by atoms with Gasteiger partial charge in [0, 0.05) is 0 Å². The summed E-state index contributed by atoms with van der Waals surface area (Å²) in [5.41, 5.74) is 0.996. The normalized spacial score (nSPS) is 11.9. The van der Waals surface area contributed by atoms with Gasteiger partial charge >= 0.3 is 6.16 Å². The molecular formula is C11H13IO3. The lowest BCUT2D eigenvalue weighted by molar-refractivity contribution is 0.0985. The maximum Gasteiger partial charge on any atom is 0.514 e.